The molecule has 0 aliphatic carbocycles. The second-order valence-corrected chi connectivity index (χ2v) is 7.62. The molecule has 0 spiro atoms. The van der Waals surface area contributed by atoms with Crippen LogP contribution < -0.4 is 14.4 Å². The Morgan fingerprint density at radius 3 is 2.50 bits per heavy atom. The number of hydrogen-bond acceptors (Lipinski definition) is 4. The highest BCUT2D eigenvalue weighted by Crippen LogP contribution is 2.32. The smallest absolute Gasteiger partial charge is 0.258 e. The van der Waals surface area contributed by atoms with Gasteiger partial charge in [-0.2, -0.15) is 0 Å². The van der Waals surface area contributed by atoms with Gasteiger partial charge in [0, 0.05) is 30.7 Å². The number of ether oxygens (including phenoxy) is 2. The zero-order valence-electron chi connectivity index (χ0n) is 17.8. The summed E-state index contributed by atoms with van der Waals surface area (Å²) < 4.78 is 13.2. The molecule has 0 N–H and O–H groups in total. The number of carbonyl (C=O) groups is 1. The first-order valence-corrected chi connectivity index (χ1v) is 10.5. The molecule has 6 heteroatoms. The number of hydrogen-bond donors (Lipinski definition) is 0. The highest BCUT2D eigenvalue weighted by Gasteiger charge is 2.23. The van der Waals surface area contributed by atoms with Gasteiger partial charge in [0.05, 0.1) is 6.54 Å². The van der Waals surface area contributed by atoms with E-state index >= 15 is 0 Å². The van der Waals surface area contributed by atoms with Crippen molar-refractivity contribution >= 4 is 11.6 Å². The average Bonchev–Trinajstić information content (AvgIpc) is 3.26. The van der Waals surface area contributed by atoms with E-state index in [-0.39, 0.29) is 5.91 Å². The van der Waals surface area contributed by atoms with E-state index in [0.717, 1.165) is 22.6 Å². The molecule has 0 unspecified atom stereocenters. The number of fused-ring (bicyclic) bond motifs is 1. The number of imidazole rings is 1. The van der Waals surface area contributed by atoms with Crippen LogP contribution in [0.1, 0.15) is 16.2 Å². The van der Waals surface area contributed by atoms with Crippen molar-refractivity contribution in [3.8, 4) is 22.6 Å². The van der Waals surface area contributed by atoms with Crippen LogP contribution in [0.15, 0.2) is 85.2 Å². The van der Waals surface area contributed by atoms with Crippen molar-refractivity contribution in [1.82, 2.24) is 9.55 Å². The molecule has 3 aromatic carbocycles. The Bertz CT molecular complexity index is 1250. The Morgan fingerprint density at radius 1 is 0.938 bits per heavy atom. The quantitative estimate of drug-likeness (QED) is 0.465. The molecule has 1 aromatic heterocycles. The van der Waals surface area contributed by atoms with Crippen LogP contribution in [-0.2, 0) is 13.6 Å². The van der Waals surface area contributed by atoms with Crippen LogP contribution in [0.4, 0.5) is 5.69 Å². The lowest BCUT2D eigenvalue weighted by Crippen LogP contribution is -2.31. The molecule has 160 valence electrons. The maximum absolute atomic E-state index is 13.7. The fourth-order valence-electron chi connectivity index (χ4n) is 3.79. The van der Waals surface area contributed by atoms with Crippen molar-refractivity contribution in [2.45, 2.75) is 6.54 Å². The van der Waals surface area contributed by atoms with Gasteiger partial charge in [-0.1, -0.05) is 42.5 Å². The number of anilines is 1. The van der Waals surface area contributed by atoms with E-state index in [0.29, 0.717) is 36.8 Å². The molecule has 1 aliphatic heterocycles. The maximum atomic E-state index is 13.7. The highest BCUT2D eigenvalue weighted by molar-refractivity contribution is 6.06. The summed E-state index contributed by atoms with van der Waals surface area (Å²) in [5.41, 5.74) is 3.48. The van der Waals surface area contributed by atoms with Crippen molar-refractivity contribution in [1.29, 1.82) is 0 Å². The van der Waals surface area contributed by atoms with Crippen LogP contribution in [0, 0.1) is 0 Å². The Balaban J connectivity index is 1.54. The molecule has 32 heavy (non-hydrogen) atoms. The first-order valence-electron chi connectivity index (χ1n) is 10.5. The largest absolute Gasteiger partial charge is 0.486 e. The molecule has 6 nitrogen and oxygen atoms in total. The van der Waals surface area contributed by atoms with Crippen molar-refractivity contribution in [2.75, 3.05) is 18.1 Å². The number of rotatable bonds is 5. The average molecular weight is 425 g/mol. The fraction of sp³-hybridized carbons (Fsp3) is 0.154. The molecule has 5 rings (SSSR count). The second kappa shape index (κ2) is 8.59. The molecular formula is C26H23N3O3. The fourth-order valence-corrected chi connectivity index (χ4v) is 3.79. The number of aryl methyl sites for hydroxylation is 1. The topological polar surface area (TPSA) is 56.6 Å². The standard InChI is InChI=1S/C26H23N3O3/c1-28-13-12-27-25(28)18-29(22-9-5-8-20(16-22)19-6-3-2-4-7-19)26(30)21-10-11-23-24(17-21)32-15-14-31-23/h2-13,16-17H,14-15,18H2,1H3. The van der Waals surface area contributed by atoms with Crippen LogP contribution in [-0.4, -0.2) is 28.7 Å². The van der Waals surface area contributed by atoms with Gasteiger partial charge in [0.1, 0.15) is 19.0 Å². The van der Waals surface area contributed by atoms with Crippen LogP contribution in [0.25, 0.3) is 11.1 Å². The predicted molar refractivity (Wildman–Crippen MR) is 123 cm³/mol. The van der Waals surface area contributed by atoms with E-state index in [2.05, 4.69) is 17.1 Å². The first kappa shape index (κ1) is 19.9. The molecule has 0 saturated carbocycles. The number of aromatic nitrogens is 2. The van der Waals surface area contributed by atoms with Gasteiger partial charge in [0.25, 0.3) is 5.91 Å². The third kappa shape index (κ3) is 3.95. The Hall–Kier alpha value is -4.06. The van der Waals surface area contributed by atoms with Crippen molar-refractivity contribution < 1.29 is 14.3 Å². The van der Waals surface area contributed by atoms with E-state index in [1.54, 1.807) is 29.3 Å². The van der Waals surface area contributed by atoms with Gasteiger partial charge in [-0.3, -0.25) is 4.79 Å². The zero-order valence-corrected chi connectivity index (χ0v) is 17.8. The molecule has 1 amide bonds. The summed E-state index contributed by atoms with van der Waals surface area (Å²) in [7, 11) is 1.93. The SMILES string of the molecule is Cn1ccnc1CN(C(=O)c1ccc2c(c1)OCCO2)c1cccc(-c2ccccc2)c1. The minimum absolute atomic E-state index is 0.129. The molecule has 0 radical (unpaired) electrons. The molecule has 0 bridgehead atoms. The molecule has 4 aromatic rings. The minimum atomic E-state index is -0.129. The third-order valence-electron chi connectivity index (χ3n) is 5.52. The summed E-state index contributed by atoms with van der Waals surface area (Å²) in [6.45, 7) is 1.33. The van der Waals surface area contributed by atoms with Gasteiger partial charge >= 0.3 is 0 Å². The van der Waals surface area contributed by atoms with Gasteiger partial charge < -0.3 is 18.9 Å². The van der Waals surface area contributed by atoms with Crippen LogP contribution in [0.2, 0.25) is 0 Å². The van der Waals surface area contributed by atoms with Crippen molar-refractivity contribution in [3.05, 3.63) is 96.6 Å². The molecule has 1 aliphatic rings. The van der Waals surface area contributed by atoms with Gasteiger partial charge in [0.15, 0.2) is 11.5 Å². The monoisotopic (exact) mass is 425 g/mol. The minimum Gasteiger partial charge on any atom is -0.486 e. The lowest BCUT2D eigenvalue weighted by atomic mass is 10.0. The summed E-state index contributed by atoms with van der Waals surface area (Å²) in [6.07, 6.45) is 3.62. The van der Waals surface area contributed by atoms with Gasteiger partial charge in [-0.25, -0.2) is 4.98 Å². The molecule has 2 heterocycles. The zero-order chi connectivity index (χ0) is 21.9. The van der Waals surface area contributed by atoms with Gasteiger partial charge in [-0.05, 0) is 41.5 Å². The van der Waals surface area contributed by atoms with Crippen LogP contribution in [0.3, 0.4) is 0 Å². The van der Waals surface area contributed by atoms with Crippen molar-refractivity contribution in [3.63, 3.8) is 0 Å². The van der Waals surface area contributed by atoms with Crippen LogP contribution >= 0.6 is 0 Å². The lowest BCUT2D eigenvalue weighted by Gasteiger charge is -2.24. The highest BCUT2D eigenvalue weighted by atomic mass is 16.6. The lowest BCUT2D eigenvalue weighted by molar-refractivity contribution is 0.0983. The summed E-state index contributed by atoms with van der Waals surface area (Å²) in [5.74, 6) is 1.92. The number of amides is 1. The van der Waals surface area contributed by atoms with E-state index < -0.39 is 0 Å². The van der Waals surface area contributed by atoms with E-state index in [4.69, 9.17) is 9.47 Å². The van der Waals surface area contributed by atoms with Gasteiger partial charge in [0.2, 0.25) is 0 Å². The number of carbonyl (C=O) groups excluding carboxylic acids is 1. The Labute approximate surface area is 186 Å². The summed E-state index contributed by atoms with van der Waals surface area (Å²) in [6, 6.07) is 23.5. The van der Waals surface area contributed by atoms with E-state index in [1.165, 1.54) is 0 Å². The Kier molecular flexibility index (Phi) is 5.34. The van der Waals surface area contributed by atoms with Crippen LogP contribution in [0.5, 0.6) is 11.5 Å². The maximum Gasteiger partial charge on any atom is 0.258 e. The first-order chi connectivity index (χ1) is 15.7. The number of benzene rings is 3. The predicted octanol–water partition coefficient (Wildman–Crippen LogP) is 4.71. The molecular weight excluding hydrogens is 402 g/mol. The number of nitrogens with zero attached hydrogens (tertiary/aromatic N) is 3. The third-order valence-corrected chi connectivity index (χ3v) is 5.52. The summed E-state index contributed by atoms with van der Waals surface area (Å²) >= 11 is 0. The van der Waals surface area contributed by atoms with E-state index in [9.17, 15) is 4.79 Å². The normalized spacial score (nSPS) is 12.4. The molecule has 0 atom stereocenters. The summed E-state index contributed by atoms with van der Waals surface area (Å²) in [5, 5.41) is 0. The second-order valence-electron chi connectivity index (χ2n) is 7.62. The molecule has 0 saturated heterocycles. The summed E-state index contributed by atoms with van der Waals surface area (Å²) in [4.78, 5) is 19.9. The van der Waals surface area contributed by atoms with E-state index in [1.807, 2.05) is 60.3 Å². The molecule has 0 fully saturated rings. The van der Waals surface area contributed by atoms with Gasteiger partial charge in [-0.15, -0.1) is 0 Å². The van der Waals surface area contributed by atoms with Crippen molar-refractivity contribution in [2.24, 2.45) is 7.05 Å². The Morgan fingerprint density at radius 2 is 1.72 bits per heavy atom.